The molecule has 0 aromatic carbocycles. The zero-order valence-electron chi connectivity index (χ0n) is 11.1. The molecule has 0 atom stereocenters. The van der Waals surface area contributed by atoms with Crippen molar-refractivity contribution in [3.8, 4) is 0 Å². The highest BCUT2D eigenvalue weighted by atomic mass is 16.9. The van der Waals surface area contributed by atoms with E-state index >= 15 is 0 Å². The SMILES string of the molecule is C=C(C)C(=O)OC(OC(=O)C(=C)C)OC(=O)C(=C)C. The molecule has 0 saturated heterocycles. The summed E-state index contributed by atoms with van der Waals surface area (Å²) >= 11 is 0. The lowest BCUT2D eigenvalue weighted by Crippen LogP contribution is -2.30. The van der Waals surface area contributed by atoms with Crippen LogP contribution in [0, 0.1) is 0 Å². The fraction of sp³-hybridized carbons (Fsp3) is 0.308. The molecular formula is C13H16O6. The van der Waals surface area contributed by atoms with E-state index < -0.39 is 24.4 Å². The first-order valence-corrected chi connectivity index (χ1v) is 5.24. The Kier molecular flexibility index (Phi) is 6.26. The first kappa shape index (κ1) is 16.6. The van der Waals surface area contributed by atoms with Gasteiger partial charge >= 0.3 is 24.4 Å². The van der Waals surface area contributed by atoms with E-state index in [-0.39, 0.29) is 16.7 Å². The number of carbonyl (C=O) groups excluding carboxylic acids is 3. The summed E-state index contributed by atoms with van der Waals surface area (Å²) in [4.78, 5) is 33.9. The van der Waals surface area contributed by atoms with Crippen LogP contribution in [0.5, 0.6) is 0 Å². The molecule has 0 N–H and O–H groups in total. The molecule has 0 heterocycles. The van der Waals surface area contributed by atoms with Crippen molar-refractivity contribution in [3.63, 3.8) is 0 Å². The number of ether oxygens (including phenoxy) is 3. The Morgan fingerprint density at radius 3 is 1.05 bits per heavy atom. The first-order chi connectivity index (χ1) is 8.65. The quantitative estimate of drug-likeness (QED) is 0.414. The molecule has 0 unspecified atom stereocenters. The van der Waals surface area contributed by atoms with E-state index in [9.17, 15) is 14.4 Å². The van der Waals surface area contributed by atoms with Crippen LogP contribution in [0.2, 0.25) is 0 Å². The van der Waals surface area contributed by atoms with E-state index in [2.05, 4.69) is 33.9 Å². The van der Waals surface area contributed by atoms with Crippen LogP contribution in [0.15, 0.2) is 36.5 Å². The van der Waals surface area contributed by atoms with E-state index in [1.165, 1.54) is 20.8 Å². The van der Waals surface area contributed by atoms with Gasteiger partial charge in [0.2, 0.25) is 0 Å². The number of rotatable bonds is 6. The van der Waals surface area contributed by atoms with Gasteiger partial charge in [-0.15, -0.1) is 0 Å². The second kappa shape index (κ2) is 7.15. The van der Waals surface area contributed by atoms with Crippen molar-refractivity contribution < 1.29 is 28.6 Å². The summed E-state index contributed by atoms with van der Waals surface area (Å²) in [6.45, 7) is 12.4. The van der Waals surface area contributed by atoms with Crippen molar-refractivity contribution in [1.82, 2.24) is 0 Å². The first-order valence-electron chi connectivity index (χ1n) is 5.24. The van der Waals surface area contributed by atoms with Crippen molar-refractivity contribution in [2.45, 2.75) is 27.2 Å². The molecule has 0 bridgehead atoms. The number of carbonyl (C=O) groups is 3. The minimum absolute atomic E-state index is 0.0581. The van der Waals surface area contributed by atoms with Gasteiger partial charge in [0.25, 0.3) is 0 Å². The predicted octanol–water partition coefficient (Wildman–Crippen LogP) is 1.63. The van der Waals surface area contributed by atoms with Crippen molar-refractivity contribution in [1.29, 1.82) is 0 Å². The van der Waals surface area contributed by atoms with Crippen LogP contribution in [0.1, 0.15) is 20.8 Å². The van der Waals surface area contributed by atoms with Gasteiger partial charge in [0.15, 0.2) is 0 Å². The van der Waals surface area contributed by atoms with Crippen LogP contribution in [0.4, 0.5) is 0 Å². The number of esters is 3. The van der Waals surface area contributed by atoms with Crippen molar-refractivity contribution in [2.24, 2.45) is 0 Å². The summed E-state index contributed by atoms with van der Waals surface area (Å²) in [6, 6.07) is 0. The Balaban J connectivity index is 4.82. The van der Waals surface area contributed by atoms with Crippen LogP contribution in [0.25, 0.3) is 0 Å². The lowest BCUT2D eigenvalue weighted by atomic mass is 10.3. The molecule has 0 rings (SSSR count). The fourth-order valence-corrected chi connectivity index (χ4v) is 0.636. The highest BCUT2D eigenvalue weighted by molar-refractivity contribution is 5.90. The van der Waals surface area contributed by atoms with E-state index in [1.807, 2.05) is 0 Å². The van der Waals surface area contributed by atoms with Gasteiger partial charge in [-0.1, -0.05) is 19.7 Å². The summed E-state index contributed by atoms with van der Waals surface area (Å²) in [7, 11) is 0. The zero-order valence-corrected chi connectivity index (χ0v) is 11.1. The summed E-state index contributed by atoms with van der Waals surface area (Å²) in [5, 5.41) is 0. The summed E-state index contributed by atoms with van der Waals surface area (Å²) in [5.74, 6) is -2.60. The van der Waals surface area contributed by atoms with E-state index in [0.717, 1.165) is 0 Å². The molecule has 0 fully saturated rings. The minimum Gasteiger partial charge on any atom is -0.387 e. The predicted molar refractivity (Wildman–Crippen MR) is 66.5 cm³/mol. The maximum atomic E-state index is 11.3. The van der Waals surface area contributed by atoms with Gasteiger partial charge in [-0.25, -0.2) is 14.4 Å². The zero-order chi connectivity index (χ0) is 15.2. The Morgan fingerprint density at radius 2 is 0.895 bits per heavy atom. The maximum Gasteiger partial charge on any atom is 0.413 e. The van der Waals surface area contributed by atoms with Crippen LogP contribution in [-0.4, -0.2) is 24.4 Å². The van der Waals surface area contributed by atoms with E-state index in [0.29, 0.717) is 0 Å². The van der Waals surface area contributed by atoms with E-state index in [4.69, 9.17) is 0 Å². The summed E-state index contributed by atoms with van der Waals surface area (Å²) in [6.07, 6.45) is 0. The summed E-state index contributed by atoms with van der Waals surface area (Å²) in [5.41, 5.74) is 0.174. The molecule has 0 aliphatic carbocycles. The molecule has 0 aliphatic heterocycles. The van der Waals surface area contributed by atoms with Gasteiger partial charge < -0.3 is 14.2 Å². The topological polar surface area (TPSA) is 78.9 Å². The molecule has 19 heavy (non-hydrogen) atoms. The van der Waals surface area contributed by atoms with Crippen LogP contribution in [0.3, 0.4) is 0 Å². The number of hydrogen-bond acceptors (Lipinski definition) is 6. The average molecular weight is 268 g/mol. The normalized spacial score (nSPS) is 9.47. The van der Waals surface area contributed by atoms with Gasteiger partial charge in [0, 0.05) is 16.7 Å². The average Bonchev–Trinajstić information content (AvgIpc) is 2.27. The molecular weight excluding hydrogens is 252 g/mol. The summed E-state index contributed by atoms with van der Waals surface area (Å²) < 4.78 is 13.9. The molecule has 0 amide bonds. The lowest BCUT2D eigenvalue weighted by molar-refractivity contribution is -0.252. The smallest absolute Gasteiger partial charge is 0.387 e. The Bertz CT molecular complexity index is 379. The second-order valence-corrected chi connectivity index (χ2v) is 3.85. The molecule has 6 heteroatoms. The van der Waals surface area contributed by atoms with Crippen molar-refractivity contribution in [3.05, 3.63) is 36.5 Å². The van der Waals surface area contributed by atoms with Crippen molar-refractivity contribution >= 4 is 17.9 Å². The Hall–Kier alpha value is -2.37. The standard InChI is InChI=1S/C13H16O6/c1-7(2)10(14)17-13(18-11(15)8(3)4)19-12(16)9(5)6/h13H,1,3,5H2,2,4,6H3. The molecule has 0 spiro atoms. The fourth-order valence-electron chi connectivity index (χ4n) is 0.636. The number of hydrogen-bond donors (Lipinski definition) is 0. The Morgan fingerprint density at radius 1 is 0.684 bits per heavy atom. The molecule has 0 aromatic heterocycles. The Labute approximate surface area is 111 Å². The highest BCUT2D eigenvalue weighted by Gasteiger charge is 2.24. The van der Waals surface area contributed by atoms with Crippen LogP contribution in [-0.2, 0) is 28.6 Å². The second-order valence-electron chi connectivity index (χ2n) is 3.85. The van der Waals surface area contributed by atoms with Gasteiger partial charge in [0.1, 0.15) is 0 Å². The van der Waals surface area contributed by atoms with Crippen LogP contribution >= 0.6 is 0 Å². The molecule has 0 radical (unpaired) electrons. The van der Waals surface area contributed by atoms with Crippen LogP contribution < -0.4 is 0 Å². The largest absolute Gasteiger partial charge is 0.413 e. The molecule has 6 nitrogen and oxygen atoms in total. The molecule has 0 aliphatic rings. The highest BCUT2D eigenvalue weighted by Crippen LogP contribution is 2.08. The van der Waals surface area contributed by atoms with Crippen molar-refractivity contribution in [2.75, 3.05) is 0 Å². The maximum absolute atomic E-state index is 11.3. The van der Waals surface area contributed by atoms with E-state index in [1.54, 1.807) is 0 Å². The lowest BCUT2D eigenvalue weighted by Gasteiger charge is -2.17. The van der Waals surface area contributed by atoms with Gasteiger partial charge in [-0.05, 0) is 20.8 Å². The van der Waals surface area contributed by atoms with Gasteiger partial charge in [-0.2, -0.15) is 0 Å². The third-order valence-corrected chi connectivity index (χ3v) is 1.66. The van der Waals surface area contributed by atoms with Gasteiger partial charge in [0.05, 0.1) is 0 Å². The monoisotopic (exact) mass is 268 g/mol. The molecule has 0 aromatic rings. The molecule has 104 valence electrons. The third-order valence-electron chi connectivity index (χ3n) is 1.66. The van der Waals surface area contributed by atoms with Gasteiger partial charge in [-0.3, -0.25) is 0 Å². The minimum atomic E-state index is -1.81. The third kappa shape index (κ3) is 6.21. The molecule has 0 saturated carbocycles.